The zero-order valence-electron chi connectivity index (χ0n) is 10.7. The van der Waals surface area contributed by atoms with Crippen LogP contribution in [-0.4, -0.2) is 20.3 Å². The van der Waals surface area contributed by atoms with Gasteiger partial charge in [-0.1, -0.05) is 25.1 Å². The fraction of sp³-hybridized carbons (Fsp3) is 0.538. The van der Waals surface area contributed by atoms with Crippen LogP contribution in [0.5, 0.6) is 0 Å². The lowest BCUT2D eigenvalue weighted by Gasteiger charge is -2.27. The number of ether oxygens (including phenoxy) is 1. The van der Waals surface area contributed by atoms with Crippen LogP contribution in [0.1, 0.15) is 30.5 Å². The van der Waals surface area contributed by atoms with Gasteiger partial charge in [0.25, 0.3) is 0 Å². The number of nitrogens with one attached hydrogen (secondary N) is 1. The van der Waals surface area contributed by atoms with Gasteiger partial charge >= 0.3 is 6.18 Å². The molecule has 0 spiro atoms. The van der Waals surface area contributed by atoms with E-state index in [1.165, 1.54) is 19.2 Å². The molecule has 2 nitrogen and oxygen atoms in total. The lowest BCUT2D eigenvalue weighted by atomic mass is 9.94. The van der Waals surface area contributed by atoms with E-state index in [2.05, 4.69) is 5.32 Å². The van der Waals surface area contributed by atoms with Gasteiger partial charge < -0.3 is 10.1 Å². The van der Waals surface area contributed by atoms with Crippen molar-refractivity contribution >= 4 is 0 Å². The first kappa shape index (κ1) is 15.0. The van der Waals surface area contributed by atoms with Crippen molar-refractivity contribution in [3.05, 3.63) is 35.4 Å². The van der Waals surface area contributed by atoms with E-state index in [1.807, 2.05) is 6.92 Å². The van der Waals surface area contributed by atoms with Gasteiger partial charge in [-0.2, -0.15) is 13.2 Å². The molecular weight excluding hydrogens is 243 g/mol. The highest BCUT2D eigenvalue weighted by Gasteiger charge is 2.36. The van der Waals surface area contributed by atoms with Crippen molar-refractivity contribution in [3.8, 4) is 0 Å². The summed E-state index contributed by atoms with van der Waals surface area (Å²) in [6.45, 7) is 1.88. The highest BCUT2D eigenvalue weighted by atomic mass is 19.4. The number of hydrogen-bond acceptors (Lipinski definition) is 2. The van der Waals surface area contributed by atoms with Gasteiger partial charge in [0.1, 0.15) is 0 Å². The van der Waals surface area contributed by atoms with Crippen molar-refractivity contribution in [2.75, 3.05) is 14.2 Å². The quantitative estimate of drug-likeness (QED) is 0.877. The Labute approximate surface area is 105 Å². The Balaban J connectivity index is 3.21. The van der Waals surface area contributed by atoms with E-state index in [4.69, 9.17) is 4.74 Å². The Morgan fingerprint density at radius 1 is 1.28 bits per heavy atom. The van der Waals surface area contributed by atoms with Gasteiger partial charge in [-0.05, 0) is 25.1 Å². The molecule has 0 saturated heterocycles. The van der Waals surface area contributed by atoms with E-state index < -0.39 is 17.8 Å². The third kappa shape index (κ3) is 3.23. The lowest BCUT2D eigenvalue weighted by Crippen LogP contribution is -2.32. The number of halogens is 3. The summed E-state index contributed by atoms with van der Waals surface area (Å²) in [5, 5.41) is 2.91. The van der Waals surface area contributed by atoms with Gasteiger partial charge in [-0.25, -0.2) is 0 Å². The van der Waals surface area contributed by atoms with Crippen LogP contribution in [-0.2, 0) is 10.9 Å². The first-order valence-electron chi connectivity index (χ1n) is 5.81. The summed E-state index contributed by atoms with van der Waals surface area (Å²) in [6, 6.07) is 5.12. The molecular formula is C13H18F3NO. The largest absolute Gasteiger partial charge is 0.416 e. The zero-order valence-corrected chi connectivity index (χ0v) is 10.7. The monoisotopic (exact) mass is 261 g/mol. The molecule has 18 heavy (non-hydrogen) atoms. The average molecular weight is 261 g/mol. The molecule has 1 N–H and O–H groups in total. The molecule has 0 aromatic heterocycles. The fourth-order valence-electron chi connectivity index (χ4n) is 2.11. The smallest absolute Gasteiger partial charge is 0.379 e. The first-order chi connectivity index (χ1) is 8.45. The molecule has 0 saturated carbocycles. The zero-order chi connectivity index (χ0) is 13.8. The molecule has 1 aromatic carbocycles. The summed E-state index contributed by atoms with van der Waals surface area (Å²) in [6.07, 6.45) is -4.01. The van der Waals surface area contributed by atoms with Crippen LogP contribution in [0.3, 0.4) is 0 Å². The molecule has 0 aliphatic rings. The number of rotatable bonds is 5. The van der Waals surface area contributed by atoms with E-state index in [1.54, 1.807) is 13.1 Å². The van der Waals surface area contributed by atoms with E-state index >= 15 is 0 Å². The Morgan fingerprint density at radius 3 is 2.33 bits per heavy atom. The molecule has 0 aliphatic heterocycles. The van der Waals surface area contributed by atoms with Crippen molar-refractivity contribution in [2.24, 2.45) is 0 Å². The van der Waals surface area contributed by atoms with Crippen molar-refractivity contribution in [3.63, 3.8) is 0 Å². The van der Waals surface area contributed by atoms with Gasteiger partial charge in [-0.15, -0.1) is 0 Å². The maximum atomic E-state index is 12.9. The SMILES string of the molecule is CCC(OC)C(NC)c1ccccc1C(F)(F)F. The predicted molar refractivity (Wildman–Crippen MR) is 64.3 cm³/mol. The number of methoxy groups -OCH3 is 1. The number of hydrogen-bond donors (Lipinski definition) is 1. The maximum Gasteiger partial charge on any atom is 0.416 e. The predicted octanol–water partition coefficient (Wildman–Crippen LogP) is 3.39. The van der Waals surface area contributed by atoms with Crippen LogP contribution in [0.2, 0.25) is 0 Å². The normalized spacial score (nSPS) is 15.4. The number of likely N-dealkylation sites (N-methyl/N-ethyl adjacent to an activating group) is 1. The minimum atomic E-state index is -4.35. The van der Waals surface area contributed by atoms with Crippen molar-refractivity contribution in [2.45, 2.75) is 31.7 Å². The minimum absolute atomic E-state index is 0.223. The summed E-state index contributed by atoms with van der Waals surface area (Å²) in [4.78, 5) is 0. The van der Waals surface area contributed by atoms with Crippen LogP contribution in [0, 0.1) is 0 Å². The van der Waals surface area contributed by atoms with Crippen LogP contribution in [0.15, 0.2) is 24.3 Å². The summed E-state index contributed by atoms with van der Waals surface area (Å²) < 4.78 is 44.1. The number of benzene rings is 1. The average Bonchev–Trinajstić information content (AvgIpc) is 2.34. The topological polar surface area (TPSA) is 21.3 Å². The molecule has 2 unspecified atom stereocenters. The molecule has 5 heteroatoms. The molecule has 102 valence electrons. The van der Waals surface area contributed by atoms with E-state index in [-0.39, 0.29) is 11.7 Å². The second-order valence-electron chi connectivity index (χ2n) is 4.03. The van der Waals surface area contributed by atoms with Gasteiger partial charge in [0.05, 0.1) is 17.7 Å². The third-order valence-electron chi connectivity index (χ3n) is 2.99. The van der Waals surface area contributed by atoms with Crippen LogP contribution in [0.25, 0.3) is 0 Å². The molecule has 0 amide bonds. The van der Waals surface area contributed by atoms with Crippen molar-refractivity contribution < 1.29 is 17.9 Å². The maximum absolute atomic E-state index is 12.9. The second-order valence-corrected chi connectivity index (χ2v) is 4.03. The highest BCUT2D eigenvalue weighted by molar-refractivity contribution is 5.33. The third-order valence-corrected chi connectivity index (χ3v) is 2.99. The van der Waals surface area contributed by atoms with Gasteiger partial charge in [0, 0.05) is 7.11 Å². The Bertz CT molecular complexity index is 375. The Hall–Kier alpha value is -1.07. The van der Waals surface area contributed by atoms with Crippen molar-refractivity contribution in [1.29, 1.82) is 0 Å². The molecule has 2 atom stereocenters. The Morgan fingerprint density at radius 2 is 1.89 bits per heavy atom. The van der Waals surface area contributed by atoms with Gasteiger partial charge in [0.2, 0.25) is 0 Å². The first-order valence-corrected chi connectivity index (χ1v) is 5.81. The summed E-state index contributed by atoms with van der Waals surface area (Å²) in [7, 11) is 3.15. The molecule has 0 radical (unpaired) electrons. The highest BCUT2D eigenvalue weighted by Crippen LogP contribution is 2.36. The molecule has 0 aliphatic carbocycles. The van der Waals surface area contributed by atoms with Gasteiger partial charge in [0.15, 0.2) is 0 Å². The van der Waals surface area contributed by atoms with E-state index in [0.29, 0.717) is 6.42 Å². The summed E-state index contributed by atoms with van der Waals surface area (Å²) in [5.41, 5.74) is -0.388. The summed E-state index contributed by atoms with van der Waals surface area (Å²) >= 11 is 0. The molecule has 0 bridgehead atoms. The fourth-order valence-corrected chi connectivity index (χ4v) is 2.11. The molecule has 1 aromatic rings. The molecule has 0 fully saturated rings. The number of alkyl halides is 3. The molecule has 1 rings (SSSR count). The van der Waals surface area contributed by atoms with Crippen LogP contribution in [0.4, 0.5) is 13.2 Å². The van der Waals surface area contributed by atoms with Gasteiger partial charge in [-0.3, -0.25) is 0 Å². The molecule has 0 heterocycles. The standard InChI is InChI=1S/C13H18F3NO/c1-4-11(18-3)12(17-2)9-7-5-6-8-10(9)13(14,15)16/h5-8,11-12,17H,4H2,1-3H3. The second kappa shape index (κ2) is 6.20. The summed E-state index contributed by atoms with van der Waals surface area (Å²) in [5.74, 6) is 0. The van der Waals surface area contributed by atoms with Crippen LogP contribution < -0.4 is 5.32 Å². The minimum Gasteiger partial charge on any atom is -0.379 e. The Kier molecular flexibility index (Phi) is 5.16. The van der Waals surface area contributed by atoms with E-state index in [0.717, 1.165) is 6.07 Å². The van der Waals surface area contributed by atoms with Crippen molar-refractivity contribution in [1.82, 2.24) is 5.32 Å². The lowest BCUT2D eigenvalue weighted by molar-refractivity contribution is -0.138. The van der Waals surface area contributed by atoms with Crippen LogP contribution >= 0.6 is 0 Å². The van der Waals surface area contributed by atoms with E-state index in [9.17, 15) is 13.2 Å².